The lowest BCUT2D eigenvalue weighted by atomic mass is 10.2. The van der Waals surface area contributed by atoms with Crippen LogP contribution in [0.25, 0.3) is 0 Å². The van der Waals surface area contributed by atoms with Crippen LogP contribution in [0.2, 0.25) is 0 Å². The number of fused-ring (bicyclic) bond motifs is 1. The van der Waals surface area contributed by atoms with Gasteiger partial charge in [-0.3, -0.25) is 4.79 Å². The average molecular weight is 421 g/mol. The maximum Gasteiger partial charge on any atom is 0.243 e. The fraction of sp³-hybridized carbons (Fsp3) is 0.450. The summed E-state index contributed by atoms with van der Waals surface area (Å²) in [4.78, 5) is 13.3. The molecule has 4 rings (SSSR count). The summed E-state index contributed by atoms with van der Waals surface area (Å²) in [6.45, 7) is 2.09. The van der Waals surface area contributed by atoms with E-state index in [-0.39, 0.29) is 29.3 Å². The summed E-state index contributed by atoms with van der Waals surface area (Å²) in [6.07, 6.45) is 5.34. The second kappa shape index (κ2) is 7.93. The summed E-state index contributed by atoms with van der Waals surface area (Å²) in [7, 11) is -3.72. The van der Waals surface area contributed by atoms with E-state index in [0.29, 0.717) is 17.2 Å². The number of thioether (sulfide) groups is 1. The van der Waals surface area contributed by atoms with Crippen LogP contribution < -0.4 is 5.32 Å². The fourth-order valence-electron chi connectivity index (χ4n) is 3.73. The summed E-state index contributed by atoms with van der Waals surface area (Å²) in [5.74, 6) is 1.11. The van der Waals surface area contributed by atoms with Crippen LogP contribution in [-0.4, -0.2) is 30.4 Å². The molecule has 2 heterocycles. The number of anilines is 1. The molecular formula is C20H24N2O4S2. The standard InChI is InChI=1S/C20H24N2O4S2/c1-14-13-27-19-9-8-17(11-18(19)21-20(14)23)28(24,25)22(15-5-2-3-6-15)12-16-7-4-10-26-16/h4,7-11,14-15H,2-3,5-6,12-13H2,1H3,(H,21,23)/t14-/m1/s1. The maximum atomic E-state index is 13.5. The van der Waals surface area contributed by atoms with E-state index in [1.165, 1.54) is 0 Å². The number of carbonyl (C=O) groups excluding carboxylic acids is 1. The van der Waals surface area contributed by atoms with Crippen LogP contribution in [-0.2, 0) is 21.4 Å². The van der Waals surface area contributed by atoms with E-state index in [1.54, 1.807) is 52.7 Å². The van der Waals surface area contributed by atoms with Crippen molar-refractivity contribution in [1.29, 1.82) is 0 Å². The van der Waals surface area contributed by atoms with Gasteiger partial charge in [0, 0.05) is 22.6 Å². The highest BCUT2D eigenvalue weighted by Gasteiger charge is 2.34. The second-order valence-corrected chi connectivity index (χ2v) is 10.4. The lowest BCUT2D eigenvalue weighted by Crippen LogP contribution is -2.38. The van der Waals surface area contributed by atoms with Crippen LogP contribution in [0.1, 0.15) is 38.4 Å². The predicted octanol–water partition coefficient (Wildman–Crippen LogP) is 4.09. The van der Waals surface area contributed by atoms with Crippen molar-refractivity contribution < 1.29 is 17.6 Å². The van der Waals surface area contributed by atoms with E-state index >= 15 is 0 Å². The minimum atomic E-state index is -3.72. The Bertz CT molecular complexity index is 951. The number of furan rings is 1. The van der Waals surface area contributed by atoms with E-state index in [0.717, 1.165) is 30.6 Å². The van der Waals surface area contributed by atoms with Gasteiger partial charge in [0.05, 0.1) is 23.4 Å². The first-order valence-electron chi connectivity index (χ1n) is 9.57. The molecule has 0 saturated heterocycles. The first-order chi connectivity index (χ1) is 13.4. The monoisotopic (exact) mass is 420 g/mol. The Hall–Kier alpha value is -1.77. The molecule has 2 aliphatic rings. The maximum absolute atomic E-state index is 13.5. The van der Waals surface area contributed by atoms with Crippen molar-refractivity contribution in [3.63, 3.8) is 0 Å². The Morgan fingerprint density at radius 2 is 2.04 bits per heavy atom. The van der Waals surface area contributed by atoms with E-state index < -0.39 is 10.0 Å². The molecular weight excluding hydrogens is 396 g/mol. The van der Waals surface area contributed by atoms with Crippen LogP contribution in [0.15, 0.2) is 50.8 Å². The molecule has 1 aliphatic heterocycles. The first kappa shape index (κ1) is 19.5. The molecule has 0 unspecified atom stereocenters. The number of sulfonamides is 1. The number of hydrogen-bond acceptors (Lipinski definition) is 5. The van der Waals surface area contributed by atoms with Crippen LogP contribution in [0.5, 0.6) is 0 Å². The van der Waals surface area contributed by atoms with Gasteiger partial charge in [-0.05, 0) is 43.2 Å². The highest BCUT2D eigenvalue weighted by atomic mass is 32.2. The van der Waals surface area contributed by atoms with Gasteiger partial charge in [-0.1, -0.05) is 19.8 Å². The van der Waals surface area contributed by atoms with Crippen molar-refractivity contribution in [2.45, 2.75) is 55.0 Å². The molecule has 1 saturated carbocycles. The fourth-order valence-corrected chi connectivity index (χ4v) is 6.42. The molecule has 1 fully saturated rings. The summed E-state index contributed by atoms with van der Waals surface area (Å²) in [5.41, 5.74) is 0.574. The summed E-state index contributed by atoms with van der Waals surface area (Å²) in [6, 6.07) is 8.58. The van der Waals surface area contributed by atoms with E-state index in [4.69, 9.17) is 4.42 Å². The number of amides is 1. The molecule has 0 bridgehead atoms. The molecule has 28 heavy (non-hydrogen) atoms. The summed E-state index contributed by atoms with van der Waals surface area (Å²) >= 11 is 1.57. The van der Waals surface area contributed by atoms with E-state index in [9.17, 15) is 13.2 Å². The van der Waals surface area contributed by atoms with Gasteiger partial charge in [-0.2, -0.15) is 4.31 Å². The van der Waals surface area contributed by atoms with E-state index in [2.05, 4.69) is 5.32 Å². The van der Waals surface area contributed by atoms with Crippen molar-refractivity contribution in [1.82, 2.24) is 4.31 Å². The molecule has 150 valence electrons. The van der Waals surface area contributed by atoms with Gasteiger partial charge in [-0.15, -0.1) is 11.8 Å². The molecule has 1 atom stereocenters. The number of nitrogens with one attached hydrogen (secondary N) is 1. The van der Waals surface area contributed by atoms with Crippen LogP contribution in [0, 0.1) is 5.92 Å². The van der Waals surface area contributed by atoms with Crippen LogP contribution in [0.4, 0.5) is 5.69 Å². The minimum absolute atomic E-state index is 0.0297. The number of carbonyl (C=O) groups is 1. The van der Waals surface area contributed by atoms with Gasteiger partial charge in [0.25, 0.3) is 0 Å². The van der Waals surface area contributed by atoms with Gasteiger partial charge >= 0.3 is 0 Å². The van der Waals surface area contributed by atoms with Gasteiger partial charge in [0.2, 0.25) is 15.9 Å². The van der Waals surface area contributed by atoms with Gasteiger partial charge < -0.3 is 9.73 Å². The molecule has 2 aromatic rings. The van der Waals surface area contributed by atoms with Crippen molar-refractivity contribution in [2.24, 2.45) is 5.92 Å². The van der Waals surface area contributed by atoms with Crippen molar-refractivity contribution >= 4 is 33.4 Å². The SMILES string of the molecule is C[C@@H]1CSc2ccc(S(=O)(=O)N(Cc3ccco3)C3CCCC3)cc2NC1=O. The van der Waals surface area contributed by atoms with Crippen LogP contribution in [0.3, 0.4) is 0 Å². The normalized spacial score (nSPS) is 20.8. The van der Waals surface area contributed by atoms with Crippen molar-refractivity contribution in [3.8, 4) is 0 Å². The zero-order valence-corrected chi connectivity index (χ0v) is 17.4. The number of benzene rings is 1. The predicted molar refractivity (Wildman–Crippen MR) is 109 cm³/mol. The highest BCUT2D eigenvalue weighted by molar-refractivity contribution is 7.99. The topological polar surface area (TPSA) is 79.6 Å². The highest BCUT2D eigenvalue weighted by Crippen LogP contribution is 2.36. The lowest BCUT2D eigenvalue weighted by molar-refractivity contribution is -0.118. The number of rotatable bonds is 5. The Morgan fingerprint density at radius 1 is 1.25 bits per heavy atom. The number of hydrogen-bond donors (Lipinski definition) is 1. The molecule has 6 nitrogen and oxygen atoms in total. The van der Waals surface area contributed by atoms with Crippen LogP contribution >= 0.6 is 11.8 Å². The van der Waals surface area contributed by atoms with Gasteiger partial charge in [0.1, 0.15) is 5.76 Å². The molecule has 1 aliphatic carbocycles. The Morgan fingerprint density at radius 3 is 2.75 bits per heavy atom. The molecule has 1 amide bonds. The largest absolute Gasteiger partial charge is 0.468 e. The van der Waals surface area contributed by atoms with Gasteiger partial charge in [-0.25, -0.2) is 8.42 Å². The summed E-state index contributed by atoms with van der Waals surface area (Å²) < 4.78 is 34.0. The van der Waals surface area contributed by atoms with E-state index in [1.807, 2.05) is 6.92 Å². The average Bonchev–Trinajstić information content (AvgIpc) is 3.36. The zero-order valence-electron chi connectivity index (χ0n) is 15.8. The second-order valence-electron chi connectivity index (χ2n) is 7.43. The first-order valence-corrected chi connectivity index (χ1v) is 12.0. The zero-order chi connectivity index (χ0) is 19.7. The third-order valence-corrected chi connectivity index (χ3v) is 8.60. The third kappa shape index (κ3) is 3.86. The minimum Gasteiger partial charge on any atom is -0.468 e. The molecule has 1 N–H and O–H groups in total. The third-order valence-electron chi connectivity index (χ3n) is 5.38. The number of nitrogens with zero attached hydrogens (tertiary/aromatic N) is 1. The lowest BCUT2D eigenvalue weighted by Gasteiger charge is -2.27. The molecule has 1 aromatic heterocycles. The van der Waals surface area contributed by atoms with Crippen molar-refractivity contribution in [3.05, 3.63) is 42.4 Å². The molecule has 0 spiro atoms. The Balaban J connectivity index is 1.69. The van der Waals surface area contributed by atoms with Gasteiger partial charge in [0.15, 0.2) is 0 Å². The quantitative estimate of drug-likeness (QED) is 0.788. The smallest absolute Gasteiger partial charge is 0.243 e. The molecule has 0 radical (unpaired) electrons. The summed E-state index contributed by atoms with van der Waals surface area (Å²) in [5, 5.41) is 2.88. The van der Waals surface area contributed by atoms with Crippen molar-refractivity contribution in [2.75, 3.05) is 11.1 Å². The Labute approximate surface area is 169 Å². The molecule has 8 heteroatoms. The Kier molecular flexibility index (Phi) is 5.53. The molecule has 1 aromatic carbocycles.